The smallest absolute Gasteiger partial charge is 0.122 e. The first-order valence-electron chi connectivity index (χ1n) is 8.17. The first-order chi connectivity index (χ1) is 11.1. The molecule has 0 saturated heterocycles. The van der Waals surface area contributed by atoms with Gasteiger partial charge in [-0.25, -0.2) is 0 Å². The van der Waals surface area contributed by atoms with Crippen LogP contribution in [0.2, 0.25) is 0 Å². The van der Waals surface area contributed by atoms with Gasteiger partial charge in [0, 0.05) is 6.04 Å². The third-order valence-electron chi connectivity index (χ3n) is 3.98. The van der Waals surface area contributed by atoms with Crippen LogP contribution in [-0.4, -0.2) is 20.3 Å². The van der Waals surface area contributed by atoms with Gasteiger partial charge in [0.2, 0.25) is 0 Å². The van der Waals surface area contributed by atoms with E-state index in [1.54, 1.807) is 14.2 Å². The number of benzene rings is 2. The average molecular weight is 313 g/mol. The highest BCUT2D eigenvalue weighted by molar-refractivity contribution is 5.47. The van der Waals surface area contributed by atoms with Crippen molar-refractivity contribution in [3.63, 3.8) is 0 Å². The summed E-state index contributed by atoms with van der Waals surface area (Å²) in [6.07, 6.45) is 3.89. The fourth-order valence-corrected chi connectivity index (χ4v) is 2.85. The zero-order valence-corrected chi connectivity index (χ0v) is 14.3. The van der Waals surface area contributed by atoms with Crippen LogP contribution in [0.15, 0.2) is 42.5 Å². The molecule has 0 radical (unpaired) electrons. The summed E-state index contributed by atoms with van der Waals surface area (Å²) >= 11 is 0. The monoisotopic (exact) mass is 313 g/mol. The fourth-order valence-electron chi connectivity index (χ4n) is 2.85. The molecular formula is C20H27NO2. The van der Waals surface area contributed by atoms with Crippen LogP contribution in [0.4, 0.5) is 0 Å². The van der Waals surface area contributed by atoms with Crippen molar-refractivity contribution in [2.75, 3.05) is 14.2 Å². The summed E-state index contributed by atoms with van der Waals surface area (Å²) in [6.45, 7) is 2.00. The molecule has 0 unspecified atom stereocenters. The second kappa shape index (κ2) is 8.59. The Morgan fingerprint density at radius 1 is 0.913 bits per heavy atom. The highest BCUT2D eigenvalue weighted by Crippen LogP contribution is 2.30. The van der Waals surface area contributed by atoms with E-state index in [2.05, 4.69) is 42.5 Å². The normalized spacial score (nSPS) is 12.0. The quantitative estimate of drug-likeness (QED) is 0.807. The number of ether oxygens (including phenoxy) is 2. The minimum atomic E-state index is 0.0949. The molecule has 0 spiro atoms. The minimum absolute atomic E-state index is 0.0949. The Balaban J connectivity index is 2.10. The van der Waals surface area contributed by atoms with E-state index in [0.717, 1.165) is 42.7 Å². The van der Waals surface area contributed by atoms with Crippen molar-refractivity contribution in [2.24, 2.45) is 5.73 Å². The molecule has 0 aliphatic carbocycles. The van der Waals surface area contributed by atoms with Gasteiger partial charge in [0.1, 0.15) is 11.5 Å². The lowest BCUT2D eigenvalue weighted by Crippen LogP contribution is -2.18. The summed E-state index contributed by atoms with van der Waals surface area (Å²) in [5.74, 6) is 1.83. The van der Waals surface area contributed by atoms with Crippen molar-refractivity contribution in [3.8, 4) is 11.5 Å². The van der Waals surface area contributed by atoms with E-state index in [1.165, 1.54) is 11.1 Å². The fraction of sp³-hybridized carbons (Fsp3) is 0.400. The van der Waals surface area contributed by atoms with Crippen LogP contribution in [0.1, 0.15) is 30.0 Å². The van der Waals surface area contributed by atoms with Crippen LogP contribution in [0.25, 0.3) is 0 Å². The maximum absolute atomic E-state index is 5.93. The molecule has 23 heavy (non-hydrogen) atoms. The van der Waals surface area contributed by atoms with Gasteiger partial charge in [-0.1, -0.05) is 30.3 Å². The molecule has 0 saturated carbocycles. The van der Waals surface area contributed by atoms with Crippen molar-refractivity contribution in [2.45, 2.75) is 38.6 Å². The summed E-state index contributed by atoms with van der Waals surface area (Å²) in [7, 11) is 3.43. The van der Waals surface area contributed by atoms with Crippen LogP contribution < -0.4 is 15.2 Å². The van der Waals surface area contributed by atoms with Crippen LogP contribution in [0, 0.1) is 0 Å². The molecule has 0 aliphatic heterocycles. The van der Waals surface area contributed by atoms with Gasteiger partial charge in [-0.15, -0.1) is 0 Å². The predicted molar refractivity (Wildman–Crippen MR) is 95.4 cm³/mol. The Bertz CT molecular complexity index is 609. The van der Waals surface area contributed by atoms with Gasteiger partial charge in [-0.3, -0.25) is 0 Å². The Labute approximate surface area is 139 Å². The van der Waals surface area contributed by atoms with E-state index in [1.807, 2.05) is 6.92 Å². The van der Waals surface area contributed by atoms with E-state index in [4.69, 9.17) is 15.2 Å². The molecule has 3 nitrogen and oxygen atoms in total. The summed E-state index contributed by atoms with van der Waals surface area (Å²) < 4.78 is 11.1. The Kier molecular flexibility index (Phi) is 6.48. The maximum atomic E-state index is 5.93. The van der Waals surface area contributed by atoms with Gasteiger partial charge in [0.25, 0.3) is 0 Å². The third kappa shape index (κ3) is 5.00. The molecule has 1 atom stereocenters. The number of hydrogen-bond donors (Lipinski definition) is 1. The van der Waals surface area contributed by atoms with E-state index >= 15 is 0 Å². The molecule has 0 heterocycles. The molecule has 0 bridgehead atoms. The van der Waals surface area contributed by atoms with Crippen LogP contribution >= 0.6 is 0 Å². The van der Waals surface area contributed by atoms with Gasteiger partial charge in [0.05, 0.1) is 14.2 Å². The van der Waals surface area contributed by atoms with Crippen LogP contribution in [0.3, 0.4) is 0 Å². The average Bonchev–Trinajstić information content (AvgIpc) is 2.56. The molecule has 2 aromatic carbocycles. The molecule has 3 heteroatoms. The third-order valence-corrected chi connectivity index (χ3v) is 3.98. The van der Waals surface area contributed by atoms with E-state index in [-0.39, 0.29) is 6.04 Å². The van der Waals surface area contributed by atoms with Crippen molar-refractivity contribution in [1.29, 1.82) is 0 Å². The first-order valence-corrected chi connectivity index (χ1v) is 8.17. The second-order valence-electron chi connectivity index (χ2n) is 6.00. The molecule has 124 valence electrons. The molecule has 0 fully saturated rings. The Morgan fingerprint density at radius 3 is 2.13 bits per heavy atom. The van der Waals surface area contributed by atoms with Crippen molar-refractivity contribution >= 4 is 0 Å². The molecule has 2 rings (SSSR count). The zero-order valence-electron chi connectivity index (χ0n) is 14.3. The molecule has 0 amide bonds. The van der Waals surface area contributed by atoms with E-state index in [0.29, 0.717) is 0 Å². The summed E-state index contributed by atoms with van der Waals surface area (Å²) in [5, 5.41) is 0. The molecule has 0 aromatic heterocycles. The van der Waals surface area contributed by atoms with Crippen molar-refractivity contribution in [1.82, 2.24) is 0 Å². The van der Waals surface area contributed by atoms with Gasteiger partial charge >= 0.3 is 0 Å². The van der Waals surface area contributed by atoms with Crippen LogP contribution in [0.5, 0.6) is 11.5 Å². The van der Waals surface area contributed by atoms with Gasteiger partial charge < -0.3 is 15.2 Å². The van der Waals surface area contributed by atoms with Gasteiger partial charge in [0.15, 0.2) is 0 Å². The number of aryl methyl sites for hydroxylation is 2. The lowest BCUT2D eigenvalue weighted by Gasteiger charge is -2.16. The minimum Gasteiger partial charge on any atom is -0.496 e. The first kappa shape index (κ1) is 17.4. The van der Waals surface area contributed by atoms with E-state index < -0.39 is 0 Å². The van der Waals surface area contributed by atoms with Gasteiger partial charge in [-0.05, 0) is 61.4 Å². The standard InChI is InChI=1S/C20H27NO2/c1-15(21)12-18-14-19(22-2)17(13-20(18)23-3)11-7-10-16-8-5-4-6-9-16/h4-6,8-9,13-15H,7,10-12,21H2,1-3H3/t15-/m1/s1. The summed E-state index contributed by atoms with van der Waals surface area (Å²) in [4.78, 5) is 0. The maximum Gasteiger partial charge on any atom is 0.122 e. The highest BCUT2D eigenvalue weighted by atomic mass is 16.5. The lowest BCUT2D eigenvalue weighted by molar-refractivity contribution is 0.393. The predicted octanol–water partition coefficient (Wildman–Crippen LogP) is 3.77. The molecule has 2 aromatic rings. The number of methoxy groups -OCH3 is 2. The molecule has 2 N–H and O–H groups in total. The van der Waals surface area contributed by atoms with E-state index in [9.17, 15) is 0 Å². The Hall–Kier alpha value is -2.00. The summed E-state index contributed by atoms with van der Waals surface area (Å²) in [5.41, 5.74) is 9.58. The van der Waals surface area contributed by atoms with Crippen molar-refractivity contribution < 1.29 is 9.47 Å². The second-order valence-corrected chi connectivity index (χ2v) is 6.00. The lowest BCUT2D eigenvalue weighted by atomic mass is 9.99. The summed E-state index contributed by atoms with van der Waals surface area (Å²) in [6, 6.07) is 14.8. The number of hydrogen-bond acceptors (Lipinski definition) is 3. The van der Waals surface area contributed by atoms with Crippen LogP contribution in [-0.2, 0) is 19.3 Å². The molecule has 0 aliphatic rings. The largest absolute Gasteiger partial charge is 0.496 e. The number of nitrogens with two attached hydrogens (primary N) is 1. The van der Waals surface area contributed by atoms with Gasteiger partial charge in [-0.2, -0.15) is 0 Å². The number of rotatable bonds is 8. The topological polar surface area (TPSA) is 44.5 Å². The van der Waals surface area contributed by atoms with Crippen molar-refractivity contribution in [3.05, 3.63) is 59.2 Å². The molecular weight excluding hydrogens is 286 g/mol. The SMILES string of the molecule is COc1cc(C[C@@H](C)N)c(OC)cc1CCCc1ccccc1. The zero-order chi connectivity index (χ0) is 16.7. The highest BCUT2D eigenvalue weighted by Gasteiger charge is 2.12. The Morgan fingerprint density at radius 2 is 1.52 bits per heavy atom.